The minimum atomic E-state index is 0.0619. The van der Waals surface area contributed by atoms with Crippen LogP contribution in [-0.2, 0) is 0 Å². The highest BCUT2D eigenvalue weighted by atomic mass is 16.3. The van der Waals surface area contributed by atoms with Gasteiger partial charge in [0, 0.05) is 22.9 Å². The standard InChI is InChI=1S/C20H13NO2/c22-19-8-4-1-5-13(19)12-21-14-9-10-17-18(11-14)15-6-2-3-7-16(15)20(17)23/h1-12,22H. The van der Waals surface area contributed by atoms with Crippen LogP contribution in [0.4, 0.5) is 5.69 Å². The number of benzene rings is 3. The Labute approximate surface area is 133 Å². The monoisotopic (exact) mass is 299 g/mol. The Morgan fingerprint density at radius 1 is 0.783 bits per heavy atom. The molecule has 0 radical (unpaired) electrons. The molecule has 3 aromatic rings. The first kappa shape index (κ1) is 13.5. The Balaban J connectivity index is 1.75. The van der Waals surface area contributed by atoms with E-state index in [0.29, 0.717) is 11.1 Å². The normalized spacial score (nSPS) is 12.4. The van der Waals surface area contributed by atoms with Crippen LogP contribution in [0.5, 0.6) is 5.75 Å². The van der Waals surface area contributed by atoms with Gasteiger partial charge in [0.1, 0.15) is 5.75 Å². The number of para-hydroxylation sites is 1. The molecule has 0 fully saturated rings. The van der Waals surface area contributed by atoms with E-state index in [1.54, 1.807) is 24.4 Å². The van der Waals surface area contributed by atoms with Gasteiger partial charge in [-0.2, -0.15) is 0 Å². The summed E-state index contributed by atoms with van der Waals surface area (Å²) < 4.78 is 0. The van der Waals surface area contributed by atoms with Crippen LogP contribution in [0, 0.1) is 0 Å². The summed E-state index contributed by atoms with van der Waals surface area (Å²) in [5, 5.41) is 9.77. The van der Waals surface area contributed by atoms with Gasteiger partial charge in [0.05, 0.1) is 5.69 Å². The molecule has 3 aromatic carbocycles. The molecule has 3 nitrogen and oxygen atoms in total. The van der Waals surface area contributed by atoms with Crippen molar-refractivity contribution in [3.8, 4) is 16.9 Å². The molecule has 110 valence electrons. The van der Waals surface area contributed by atoms with Crippen LogP contribution in [-0.4, -0.2) is 17.1 Å². The lowest BCUT2D eigenvalue weighted by Crippen LogP contribution is -1.93. The molecule has 0 spiro atoms. The first-order chi connectivity index (χ1) is 11.2. The lowest BCUT2D eigenvalue weighted by atomic mass is 10.1. The number of phenols is 1. The fourth-order valence-corrected chi connectivity index (χ4v) is 2.84. The third kappa shape index (κ3) is 2.23. The third-order valence-electron chi connectivity index (χ3n) is 4.00. The van der Waals surface area contributed by atoms with Gasteiger partial charge in [0.15, 0.2) is 5.78 Å². The molecule has 23 heavy (non-hydrogen) atoms. The lowest BCUT2D eigenvalue weighted by molar-refractivity contribution is 0.104. The molecule has 0 saturated carbocycles. The van der Waals surface area contributed by atoms with Crippen molar-refractivity contribution in [2.45, 2.75) is 0 Å². The number of nitrogens with zero attached hydrogens (tertiary/aromatic N) is 1. The average Bonchev–Trinajstić information content (AvgIpc) is 2.87. The topological polar surface area (TPSA) is 49.7 Å². The minimum Gasteiger partial charge on any atom is -0.507 e. The van der Waals surface area contributed by atoms with Crippen LogP contribution in [0.25, 0.3) is 11.1 Å². The van der Waals surface area contributed by atoms with Crippen molar-refractivity contribution in [3.63, 3.8) is 0 Å². The van der Waals surface area contributed by atoms with Crippen molar-refractivity contribution in [1.82, 2.24) is 0 Å². The van der Waals surface area contributed by atoms with E-state index in [-0.39, 0.29) is 11.5 Å². The number of carbonyl (C=O) groups is 1. The van der Waals surface area contributed by atoms with Crippen LogP contribution in [0.2, 0.25) is 0 Å². The number of carbonyl (C=O) groups excluding carboxylic acids is 1. The highest BCUT2D eigenvalue weighted by Gasteiger charge is 2.25. The maximum atomic E-state index is 12.4. The SMILES string of the molecule is O=C1c2ccccc2-c2cc(N=Cc3ccccc3O)ccc21. The van der Waals surface area contributed by atoms with Crippen LogP contribution in [0.3, 0.4) is 0 Å². The largest absolute Gasteiger partial charge is 0.507 e. The summed E-state index contributed by atoms with van der Waals surface area (Å²) in [6, 6.07) is 20.2. The first-order valence-electron chi connectivity index (χ1n) is 7.34. The van der Waals surface area contributed by atoms with Crippen molar-refractivity contribution < 1.29 is 9.90 Å². The van der Waals surface area contributed by atoms with Gasteiger partial charge in [-0.15, -0.1) is 0 Å². The van der Waals surface area contributed by atoms with Gasteiger partial charge in [0.2, 0.25) is 0 Å². The molecule has 0 unspecified atom stereocenters. The smallest absolute Gasteiger partial charge is 0.194 e. The van der Waals surface area contributed by atoms with Crippen LogP contribution < -0.4 is 0 Å². The molecular formula is C20H13NO2. The van der Waals surface area contributed by atoms with Crippen LogP contribution in [0.1, 0.15) is 21.5 Å². The van der Waals surface area contributed by atoms with E-state index < -0.39 is 0 Å². The molecule has 4 rings (SSSR count). The highest BCUT2D eigenvalue weighted by molar-refractivity contribution is 6.21. The minimum absolute atomic E-state index is 0.0619. The van der Waals surface area contributed by atoms with Crippen molar-refractivity contribution in [1.29, 1.82) is 0 Å². The van der Waals surface area contributed by atoms with Gasteiger partial charge in [-0.3, -0.25) is 9.79 Å². The predicted molar refractivity (Wildman–Crippen MR) is 90.7 cm³/mol. The summed E-state index contributed by atoms with van der Waals surface area (Å²) in [6.45, 7) is 0. The molecule has 3 heteroatoms. The second-order valence-electron chi connectivity index (χ2n) is 5.42. The summed E-state index contributed by atoms with van der Waals surface area (Å²) in [7, 11) is 0. The number of aromatic hydroxyl groups is 1. The third-order valence-corrected chi connectivity index (χ3v) is 4.00. The van der Waals surface area contributed by atoms with Crippen molar-refractivity contribution >= 4 is 17.7 Å². The van der Waals surface area contributed by atoms with Gasteiger partial charge in [-0.1, -0.05) is 36.4 Å². The zero-order valence-corrected chi connectivity index (χ0v) is 12.2. The molecule has 0 saturated heterocycles. The first-order valence-corrected chi connectivity index (χ1v) is 7.34. The Kier molecular flexibility index (Phi) is 3.05. The molecule has 0 atom stereocenters. The molecule has 0 bridgehead atoms. The number of hydrogen-bond acceptors (Lipinski definition) is 3. The van der Waals surface area contributed by atoms with Gasteiger partial charge < -0.3 is 5.11 Å². The van der Waals surface area contributed by atoms with E-state index in [0.717, 1.165) is 22.4 Å². The molecule has 0 aromatic heterocycles. The van der Waals surface area contributed by atoms with Crippen molar-refractivity contribution in [2.75, 3.05) is 0 Å². The summed E-state index contributed by atoms with van der Waals surface area (Å²) >= 11 is 0. The number of aliphatic imine (C=N–C) groups is 1. The number of phenolic OH excluding ortho intramolecular Hbond substituents is 1. The van der Waals surface area contributed by atoms with E-state index in [1.807, 2.05) is 48.5 Å². The Hall–Kier alpha value is -3.20. The average molecular weight is 299 g/mol. The predicted octanol–water partition coefficient (Wildman–Crippen LogP) is 4.35. The molecule has 0 heterocycles. The van der Waals surface area contributed by atoms with Gasteiger partial charge >= 0.3 is 0 Å². The maximum Gasteiger partial charge on any atom is 0.194 e. The van der Waals surface area contributed by atoms with Crippen molar-refractivity contribution in [3.05, 3.63) is 83.4 Å². The maximum absolute atomic E-state index is 12.4. The number of hydrogen-bond donors (Lipinski definition) is 1. The summed E-state index contributed by atoms with van der Waals surface area (Å²) in [5.74, 6) is 0.254. The molecule has 0 aliphatic heterocycles. The van der Waals surface area contributed by atoms with Crippen LogP contribution >= 0.6 is 0 Å². The van der Waals surface area contributed by atoms with Gasteiger partial charge in [-0.05, 0) is 41.5 Å². The fourth-order valence-electron chi connectivity index (χ4n) is 2.84. The molecular weight excluding hydrogens is 286 g/mol. The Morgan fingerprint density at radius 3 is 2.30 bits per heavy atom. The van der Waals surface area contributed by atoms with E-state index in [2.05, 4.69) is 4.99 Å². The summed E-state index contributed by atoms with van der Waals surface area (Å²) in [5.41, 5.74) is 4.72. The molecule has 0 amide bonds. The quantitative estimate of drug-likeness (QED) is 0.559. The fraction of sp³-hybridized carbons (Fsp3) is 0. The molecule has 1 aliphatic rings. The second-order valence-corrected chi connectivity index (χ2v) is 5.42. The van der Waals surface area contributed by atoms with E-state index in [4.69, 9.17) is 0 Å². The summed E-state index contributed by atoms with van der Waals surface area (Å²) in [6.07, 6.45) is 1.62. The van der Waals surface area contributed by atoms with Gasteiger partial charge in [0.25, 0.3) is 0 Å². The number of ketones is 1. The number of fused-ring (bicyclic) bond motifs is 3. The number of rotatable bonds is 2. The van der Waals surface area contributed by atoms with Crippen molar-refractivity contribution in [2.24, 2.45) is 4.99 Å². The zero-order chi connectivity index (χ0) is 15.8. The van der Waals surface area contributed by atoms with E-state index >= 15 is 0 Å². The van der Waals surface area contributed by atoms with E-state index in [1.165, 1.54) is 0 Å². The molecule has 1 N–H and O–H groups in total. The Morgan fingerprint density at radius 2 is 1.48 bits per heavy atom. The van der Waals surface area contributed by atoms with E-state index in [9.17, 15) is 9.90 Å². The van der Waals surface area contributed by atoms with Gasteiger partial charge in [-0.25, -0.2) is 0 Å². The lowest BCUT2D eigenvalue weighted by Gasteiger charge is -2.01. The second kappa shape index (κ2) is 5.21. The van der Waals surface area contributed by atoms with Crippen LogP contribution in [0.15, 0.2) is 71.7 Å². The molecule has 1 aliphatic carbocycles. The summed E-state index contributed by atoms with van der Waals surface area (Å²) in [4.78, 5) is 16.8. The highest BCUT2D eigenvalue weighted by Crippen LogP contribution is 2.38. The zero-order valence-electron chi connectivity index (χ0n) is 12.2. The Bertz CT molecular complexity index is 957.